The topological polar surface area (TPSA) is 102 Å². The number of hydrogen-bond acceptors (Lipinski definition) is 6. The molecule has 0 unspecified atom stereocenters. The first-order chi connectivity index (χ1) is 15.1. The molecule has 1 aliphatic heterocycles. The molecule has 0 saturated carbocycles. The third-order valence-electron chi connectivity index (χ3n) is 4.74. The first-order valence-corrected chi connectivity index (χ1v) is 11.5. The van der Waals surface area contributed by atoms with Crippen molar-refractivity contribution < 1.29 is 28.7 Å². The molecule has 1 N–H and O–H groups in total. The van der Waals surface area contributed by atoms with Crippen LogP contribution in [0.2, 0.25) is 0 Å². The predicted molar refractivity (Wildman–Crippen MR) is 134 cm³/mol. The number of rotatable bonds is 5. The number of carbonyl (C=O) groups is 4. The fraction of sp³-hybridized carbons (Fsp3) is 0.182. The lowest BCUT2D eigenvalue weighted by molar-refractivity contribution is -0.143. The Labute approximate surface area is 211 Å². The van der Waals surface area contributed by atoms with Crippen LogP contribution < -0.4 is 15.0 Å². The van der Waals surface area contributed by atoms with E-state index in [4.69, 9.17) is 4.74 Å². The average molecular weight is 660 g/mol. The summed E-state index contributed by atoms with van der Waals surface area (Å²) in [7, 11) is 1.27. The van der Waals surface area contributed by atoms with E-state index in [1.165, 1.54) is 13.2 Å². The van der Waals surface area contributed by atoms with Gasteiger partial charge in [-0.2, -0.15) is 0 Å². The standard InChI is InChI=1S/C22H18I2N2O6/c1-11-4-5-14(6-12(11)2)26-21(29)15(20(28)25-22(26)30)7-13-8-16(23)19(17(24)9-13)32-10-18(27)31-3/h4-9H,10H2,1-3H3,(H,25,28,30)/b15-7+. The molecule has 0 aromatic heterocycles. The second kappa shape index (κ2) is 9.98. The molecule has 0 radical (unpaired) electrons. The van der Waals surface area contributed by atoms with Crippen LogP contribution in [0.4, 0.5) is 10.5 Å². The van der Waals surface area contributed by atoms with Crippen molar-refractivity contribution in [2.75, 3.05) is 18.6 Å². The summed E-state index contributed by atoms with van der Waals surface area (Å²) in [5.41, 5.74) is 2.71. The van der Waals surface area contributed by atoms with Crippen LogP contribution in [0.3, 0.4) is 0 Å². The Morgan fingerprint density at radius 3 is 2.31 bits per heavy atom. The van der Waals surface area contributed by atoms with E-state index in [1.54, 1.807) is 24.3 Å². The van der Waals surface area contributed by atoms with Crippen LogP contribution in [-0.2, 0) is 19.1 Å². The molecule has 0 atom stereocenters. The lowest BCUT2D eigenvalue weighted by Gasteiger charge is -2.27. The predicted octanol–water partition coefficient (Wildman–Crippen LogP) is 3.73. The van der Waals surface area contributed by atoms with Crippen molar-refractivity contribution in [3.63, 3.8) is 0 Å². The minimum absolute atomic E-state index is 0.169. The molecule has 166 valence electrons. The van der Waals surface area contributed by atoms with E-state index in [0.29, 0.717) is 24.1 Å². The Kier molecular flexibility index (Phi) is 7.54. The highest BCUT2D eigenvalue weighted by molar-refractivity contribution is 14.1. The Morgan fingerprint density at radius 2 is 1.72 bits per heavy atom. The maximum absolute atomic E-state index is 13.1. The Balaban J connectivity index is 1.95. The number of methoxy groups -OCH3 is 1. The number of benzene rings is 2. The molecule has 3 rings (SSSR count). The largest absolute Gasteiger partial charge is 0.480 e. The number of urea groups is 1. The summed E-state index contributed by atoms with van der Waals surface area (Å²) in [5, 5.41) is 2.22. The molecule has 1 heterocycles. The average Bonchev–Trinajstić information content (AvgIpc) is 2.72. The molecule has 8 nitrogen and oxygen atoms in total. The number of barbiturate groups is 1. The number of aryl methyl sites for hydroxylation is 2. The van der Waals surface area contributed by atoms with E-state index >= 15 is 0 Å². The Morgan fingerprint density at radius 1 is 1.06 bits per heavy atom. The number of carbonyl (C=O) groups excluding carboxylic acids is 4. The fourth-order valence-electron chi connectivity index (χ4n) is 2.91. The second-order valence-corrected chi connectivity index (χ2v) is 9.23. The van der Waals surface area contributed by atoms with Crippen LogP contribution >= 0.6 is 45.2 Å². The van der Waals surface area contributed by atoms with Crippen molar-refractivity contribution in [1.82, 2.24) is 5.32 Å². The fourth-order valence-corrected chi connectivity index (χ4v) is 5.04. The summed E-state index contributed by atoms with van der Waals surface area (Å²) < 4.78 is 11.4. The normalized spacial score (nSPS) is 15.1. The van der Waals surface area contributed by atoms with Gasteiger partial charge in [0.1, 0.15) is 11.3 Å². The Bertz CT molecular complexity index is 1150. The summed E-state index contributed by atoms with van der Waals surface area (Å²) in [4.78, 5) is 50.2. The highest BCUT2D eigenvalue weighted by Crippen LogP contribution is 2.31. The van der Waals surface area contributed by atoms with Crippen molar-refractivity contribution in [3.8, 4) is 5.75 Å². The molecule has 4 amide bonds. The molecule has 2 aromatic carbocycles. The number of nitrogens with zero attached hydrogens (tertiary/aromatic N) is 1. The van der Waals surface area contributed by atoms with E-state index in [2.05, 4.69) is 10.1 Å². The molecule has 0 aliphatic carbocycles. The monoisotopic (exact) mass is 660 g/mol. The molecule has 1 saturated heterocycles. The van der Waals surface area contributed by atoms with Crippen LogP contribution in [0.1, 0.15) is 16.7 Å². The Hall–Kier alpha value is -2.48. The molecule has 2 aromatic rings. The van der Waals surface area contributed by atoms with Crippen LogP contribution in [0.25, 0.3) is 6.08 Å². The minimum atomic E-state index is -0.795. The number of amides is 4. The van der Waals surface area contributed by atoms with Gasteiger partial charge >= 0.3 is 12.0 Å². The van der Waals surface area contributed by atoms with Crippen molar-refractivity contribution in [1.29, 1.82) is 0 Å². The first kappa shape index (κ1) is 24.2. The van der Waals surface area contributed by atoms with Crippen LogP contribution in [0, 0.1) is 21.0 Å². The van der Waals surface area contributed by atoms with Crippen molar-refractivity contribution in [2.24, 2.45) is 0 Å². The van der Waals surface area contributed by atoms with Gasteiger partial charge in [-0.3, -0.25) is 14.9 Å². The lowest BCUT2D eigenvalue weighted by Crippen LogP contribution is -2.54. The van der Waals surface area contributed by atoms with Crippen molar-refractivity contribution in [2.45, 2.75) is 13.8 Å². The number of ether oxygens (including phenoxy) is 2. The third kappa shape index (κ3) is 5.11. The number of hydrogen-bond donors (Lipinski definition) is 1. The molecule has 0 spiro atoms. The van der Waals surface area contributed by atoms with Gasteiger partial charge in [0.05, 0.1) is 19.9 Å². The molecular weight excluding hydrogens is 642 g/mol. The summed E-state index contributed by atoms with van der Waals surface area (Å²) >= 11 is 4.07. The molecule has 1 aliphatic rings. The number of imide groups is 2. The maximum atomic E-state index is 13.1. The minimum Gasteiger partial charge on any atom is -0.480 e. The quantitative estimate of drug-likeness (QED) is 0.227. The molecule has 10 heteroatoms. The number of halogens is 2. The molecular formula is C22H18I2N2O6. The summed E-state index contributed by atoms with van der Waals surface area (Å²) in [6, 6.07) is 7.81. The summed E-state index contributed by atoms with van der Waals surface area (Å²) in [6.45, 7) is 3.56. The van der Waals surface area contributed by atoms with Gasteiger partial charge in [-0.05, 0) is 106 Å². The second-order valence-electron chi connectivity index (χ2n) is 6.90. The molecule has 32 heavy (non-hydrogen) atoms. The van der Waals surface area contributed by atoms with Crippen molar-refractivity contribution in [3.05, 3.63) is 59.7 Å². The SMILES string of the molecule is COC(=O)COc1c(I)cc(/C=C2\C(=O)NC(=O)N(c3ccc(C)c(C)c3)C2=O)cc1I. The van der Waals surface area contributed by atoms with E-state index in [0.717, 1.165) is 16.0 Å². The highest BCUT2D eigenvalue weighted by Gasteiger charge is 2.37. The molecule has 0 bridgehead atoms. The van der Waals surface area contributed by atoms with Crippen molar-refractivity contribution >= 4 is 80.8 Å². The van der Waals surface area contributed by atoms with Crippen LogP contribution in [-0.4, -0.2) is 37.5 Å². The number of esters is 1. The van der Waals surface area contributed by atoms with Gasteiger partial charge in [-0.15, -0.1) is 0 Å². The van der Waals surface area contributed by atoms with E-state index < -0.39 is 23.8 Å². The zero-order chi connectivity index (χ0) is 23.6. The van der Waals surface area contributed by atoms with E-state index in [1.807, 2.05) is 65.1 Å². The van der Waals surface area contributed by atoms with Gasteiger partial charge < -0.3 is 9.47 Å². The van der Waals surface area contributed by atoms with Crippen LogP contribution in [0.5, 0.6) is 5.75 Å². The number of nitrogens with one attached hydrogen (secondary N) is 1. The maximum Gasteiger partial charge on any atom is 0.343 e. The smallest absolute Gasteiger partial charge is 0.343 e. The van der Waals surface area contributed by atoms with Crippen LogP contribution in [0.15, 0.2) is 35.9 Å². The first-order valence-electron chi connectivity index (χ1n) is 9.29. The van der Waals surface area contributed by atoms with E-state index in [9.17, 15) is 19.2 Å². The van der Waals surface area contributed by atoms with Gasteiger partial charge in [0, 0.05) is 0 Å². The highest BCUT2D eigenvalue weighted by atomic mass is 127. The lowest BCUT2D eigenvalue weighted by atomic mass is 10.1. The van der Waals surface area contributed by atoms with Gasteiger partial charge in [0.2, 0.25) is 0 Å². The third-order valence-corrected chi connectivity index (χ3v) is 6.35. The zero-order valence-corrected chi connectivity index (χ0v) is 21.6. The molecule has 1 fully saturated rings. The van der Waals surface area contributed by atoms with Gasteiger partial charge in [0.15, 0.2) is 6.61 Å². The van der Waals surface area contributed by atoms with E-state index in [-0.39, 0.29) is 12.2 Å². The summed E-state index contributed by atoms with van der Waals surface area (Å²) in [5.74, 6) is -1.50. The zero-order valence-electron chi connectivity index (χ0n) is 17.3. The number of anilines is 1. The summed E-state index contributed by atoms with van der Waals surface area (Å²) in [6.07, 6.45) is 1.42. The van der Waals surface area contributed by atoms with Gasteiger partial charge in [-0.25, -0.2) is 14.5 Å². The van der Waals surface area contributed by atoms with Gasteiger partial charge in [-0.1, -0.05) is 6.07 Å². The van der Waals surface area contributed by atoms with Gasteiger partial charge in [0.25, 0.3) is 11.8 Å².